The predicted octanol–water partition coefficient (Wildman–Crippen LogP) is 2.00. The fraction of sp³-hybridized carbons (Fsp3) is 0.227. The molecule has 0 saturated heterocycles. The first-order valence-electron chi connectivity index (χ1n) is 10.3. The molecule has 1 atom stereocenters. The Morgan fingerprint density at radius 2 is 2.15 bits per heavy atom. The van der Waals surface area contributed by atoms with Crippen molar-refractivity contribution >= 4 is 34.7 Å². The number of anilines is 1. The number of ether oxygens (including phenoxy) is 1. The number of hydrogen-bond acceptors (Lipinski definition) is 7. The summed E-state index contributed by atoms with van der Waals surface area (Å²) in [4.78, 5) is 29.6. The number of methoxy groups -OCH3 is 1. The van der Waals surface area contributed by atoms with Crippen LogP contribution in [0.4, 0.5) is 5.69 Å². The number of carbonyl (C=O) groups excluding carboxylic acids is 2. The number of aromatic nitrogens is 5. The van der Waals surface area contributed by atoms with Gasteiger partial charge in [-0.05, 0) is 31.2 Å². The number of amides is 2. The monoisotopic (exact) mass is 483 g/mol. The molecule has 3 aromatic heterocycles. The number of hydrogen-bond donors (Lipinski definition) is 3. The van der Waals surface area contributed by atoms with Gasteiger partial charge in [0.15, 0.2) is 5.65 Å². The summed E-state index contributed by atoms with van der Waals surface area (Å²) < 4.78 is 8.33. The van der Waals surface area contributed by atoms with E-state index in [0.717, 1.165) is 0 Å². The summed E-state index contributed by atoms with van der Waals surface area (Å²) in [5.74, 6) is -0.312. The number of nitrogens with one attached hydrogen (secondary N) is 2. The SMILES string of the molecule is COc1ccc(Cl)cc1-c1nn(CC(=O)NC[C@H](C)O)cc1NC(=O)c1cnn2cccnc12. The Labute approximate surface area is 199 Å². The molecule has 11 nitrogen and oxygen atoms in total. The van der Waals surface area contributed by atoms with Crippen LogP contribution < -0.4 is 15.4 Å². The van der Waals surface area contributed by atoms with E-state index in [2.05, 4.69) is 25.8 Å². The van der Waals surface area contributed by atoms with Gasteiger partial charge in [-0.25, -0.2) is 9.50 Å². The summed E-state index contributed by atoms with van der Waals surface area (Å²) in [5, 5.41) is 23.9. The van der Waals surface area contributed by atoms with Crippen LogP contribution in [-0.2, 0) is 11.3 Å². The Hall–Kier alpha value is -3.96. The van der Waals surface area contributed by atoms with Gasteiger partial charge in [0, 0.05) is 35.7 Å². The second-order valence-electron chi connectivity index (χ2n) is 7.49. The van der Waals surface area contributed by atoms with Crippen LogP contribution >= 0.6 is 11.6 Å². The lowest BCUT2D eigenvalue weighted by Gasteiger charge is -2.09. The van der Waals surface area contributed by atoms with E-state index in [1.54, 1.807) is 43.6 Å². The normalized spacial score (nSPS) is 11.9. The molecule has 0 spiro atoms. The Kier molecular flexibility index (Phi) is 6.75. The van der Waals surface area contributed by atoms with Crippen LogP contribution in [0.3, 0.4) is 0 Å². The number of nitrogens with zero attached hydrogens (tertiary/aromatic N) is 5. The van der Waals surface area contributed by atoms with Crippen molar-refractivity contribution in [1.29, 1.82) is 0 Å². The lowest BCUT2D eigenvalue weighted by atomic mass is 10.1. The first kappa shape index (κ1) is 23.2. The highest BCUT2D eigenvalue weighted by Crippen LogP contribution is 2.36. The zero-order valence-electron chi connectivity index (χ0n) is 18.4. The third-order valence-electron chi connectivity index (χ3n) is 4.85. The molecule has 0 bridgehead atoms. The average molecular weight is 484 g/mol. The lowest BCUT2D eigenvalue weighted by Crippen LogP contribution is -2.33. The molecule has 0 aliphatic carbocycles. The second-order valence-corrected chi connectivity index (χ2v) is 7.92. The number of aliphatic hydroxyl groups is 1. The summed E-state index contributed by atoms with van der Waals surface area (Å²) in [7, 11) is 1.51. The van der Waals surface area contributed by atoms with Crippen LogP contribution in [-0.4, -0.2) is 61.1 Å². The molecule has 12 heteroatoms. The van der Waals surface area contributed by atoms with Crippen molar-refractivity contribution in [2.24, 2.45) is 0 Å². The smallest absolute Gasteiger partial charge is 0.261 e. The summed E-state index contributed by atoms with van der Waals surface area (Å²) in [6.07, 6.45) is 5.53. The highest BCUT2D eigenvalue weighted by atomic mass is 35.5. The Bertz CT molecular complexity index is 1350. The van der Waals surface area contributed by atoms with Crippen LogP contribution in [0.1, 0.15) is 17.3 Å². The number of halogens is 1. The van der Waals surface area contributed by atoms with Crippen molar-refractivity contribution in [2.45, 2.75) is 19.6 Å². The molecule has 3 heterocycles. The Morgan fingerprint density at radius 1 is 1.32 bits per heavy atom. The van der Waals surface area contributed by atoms with E-state index in [0.29, 0.717) is 33.4 Å². The molecule has 1 aromatic carbocycles. The number of aliphatic hydroxyl groups excluding tert-OH is 1. The van der Waals surface area contributed by atoms with Crippen LogP contribution in [0.15, 0.2) is 49.1 Å². The maximum Gasteiger partial charge on any atom is 0.261 e. The van der Waals surface area contributed by atoms with Crippen molar-refractivity contribution in [3.63, 3.8) is 0 Å². The van der Waals surface area contributed by atoms with E-state index in [4.69, 9.17) is 16.3 Å². The third-order valence-corrected chi connectivity index (χ3v) is 5.09. The number of rotatable bonds is 8. The van der Waals surface area contributed by atoms with E-state index in [1.807, 2.05) is 0 Å². The van der Waals surface area contributed by atoms with Crippen molar-refractivity contribution < 1.29 is 19.4 Å². The first-order chi connectivity index (χ1) is 16.4. The standard InChI is InChI=1S/C22H22ClN7O4/c1-13(31)9-25-19(32)12-29-11-17(20(28-29)15-8-14(23)4-5-18(15)34-2)27-22(33)16-10-26-30-7-3-6-24-21(16)30/h3-8,10-11,13,31H,9,12H2,1-2H3,(H,25,32)(H,27,33)/t13-/m0/s1. The summed E-state index contributed by atoms with van der Waals surface area (Å²) in [6.45, 7) is 1.55. The molecule has 0 radical (unpaired) electrons. The Balaban J connectivity index is 1.70. The Morgan fingerprint density at radius 3 is 2.91 bits per heavy atom. The van der Waals surface area contributed by atoms with Gasteiger partial charge < -0.3 is 20.5 Å². The molecule has 0 unspecified atom stereocenters. The minimum Gasteiger partial charge on any atom is -0.496 e. The van der Waals surface area contributed by atoms with E-state index in [1.165, 1.54) is 28.7 Å². The molecule has 34 heavy (non-hydrogen) atoms. The van der Waals surface area contributed by atoms with Crippen molar-refractivity contribution in [3.8, 4) is 17.0 Å². The number of fused-ring (bicyclic) bond motifs is 1. The molecule has 0 saturated carbocycles. The molecule has 2 amide bonds. The first-order valence-corrected chi connectivity index (χ1v) is 10.7. The minimum absolute atomic E-state index is 0.112. The largest absolute Gasteiger partial charge is 0.496 e. The zero-order valence-corrected chi connectivity index (χ0v) is 19.2. The van der Waals surface area contributed by atoms with E-state index in [-0.39, 0.29) is 24.6 Å². The summed E-state index contributed by atoms with van der Waals surface area (Å²) in [6, 6.07) is 6.73. The average Bonchev–Trinajstić information content (AvgIpc) is 3.41. The number of benzene rings is 1. The number of carbonyl (C=O) groups is 2. The molecule has 0 fully saturated rings. The van der Waals surface area contributed by atoms with Gasteiger partial charge in [0.25, 0.3) is 5.91 Å². The van der Waals surface area contributed by atoms with Gasteiger partial charge in [-0.15, -0.1) is 0 Å². The fourth-order valence-electron chi connectivity index (χ4n) is 3.30. The van der Waals surface area contributed by atoms with Gasteiger partial charge in [0.1, 0.15) is 23.6 Å². The van der Waals surface area contributed by atoms with Gasteiger partial charge in [0.2, 0.25) is 5.91 Å². The summed E-state index contributed by atoms with van der Waals surface area (Å²) in [5.41, 5.74) is 1.90. The van der Waals surface area contributed by atoms with Crippen molar-refractivity contribution in [2.75, 3.05) is 19.0 Å². The molecule has 0 aliphatic rings. The van der Waals surface area contributed by atoms with Crippen LogP contribution in [0.25, 0.3) is 16.9 Å². The molecular weight excluding hydrogens is 462 g/mol. The molecule has 4 rings (SSSR count). The van der Waals surface area contributed by atoms with E-state index < -0.39 is 12.0 Å². The quantitative estimate of drug-likeness (QED) is 0.348. The predicted molar refractivity (Wildman–Crippen MR) is 125 cm³/mol. The molecule has 176 valence electrons. The van der Waals surface area contributed by atoms with Gasteiger partial charge in [0.05, 0.1) is 25.1 Å². The highest BCUT2D eigenvalue weighted by Gasteiger charge is 2.21. The van der Waals surface area contributed by atoms with Crippen LogP contribution in [0.2, 0.25) is 5.02 Å². The van der Waals surface area contributed by atoms with Crippen LogP contribution in [0.5, 0.6) is 5.75 Å². The molecule has 0 aliphatic heterocycles. The van der Waals surface area contributed by atoms with Gasteiger partial charge in [-0.1, -0.05) is 11.6 Å². The van der Waals surface area contributed by atoms with Gasteiger partial charge in [-0.3, -0.25) is 14.3 Å². The highest BCUT2D eigenvalue weighted by molar-refractivity contribution is 6.31. The maximum atomic E-state index is 13.1. The van der Waals surface area contributed by atoms with Gasteiger partial charge >= 0.3 is 0 Å². The maximum absolute atomic E-state index is 13.1. The topological polar surface area (TPSA) is 136 Å². The molecular formula is C22H22ClN7O4. The minimum atomic E-state index is -0.679. The lowest BCUT2D eigenvalue weighted by molar-refractivity contribution is -0.122. The molecule has 3 N–H and O–H groups in total. The fourth-order valence-corrected chi connectivity index (χ4v) is 3.47. The van der Waals surface area contributed by atoms with Crippen molar-refractivity contribution in [1.82, 2.24) is 29.7 Å². The third kappa shape index (κ3) is 5.00. The van der Waals surface area contributed by atoms with Gasteiger partial charge in [-0.2, -0.15) is 10.2 Å². The van der Waals surface area contributed by atoms with E-state index >= 15 is 0 Å². The molecule has 4 aromatic rings. The summed E-state index contributed by atoms with van der Waals surface area (Å²) >= 11 is 6.21. The van der Waals surface area contributed by atoms with Crippen molar-refractivity contribution in [3.05, 3.63) is 59.6 Å². The van der Waals surface area contributed by atoms with Crippen LogP contribution in [0, 0.1) is 0 Å². The van der Waals surface area contributed by atoms with E-state index in [9.17, 15) is 14.7 Å². The second kappa shape index (κ2) is 9.89. The zero-order chi connectivity index (χ0) is 24.2.